The van der Waals surface area contributed by atoms with Crippen LogP contribution >= 0.6 is 23.2 Å². The second kappa shape index (κ2) is 12.8. The number of phenols is 1. The Balaban J connectivity index is 1.46. The Morgan fingerprint density at radius 2 is 2.00 bits per heavy atom. The smallest absolute Gasteiger partial charge is 0.224 e. The van der Waals surface area contributed by atoms with Gasteiger partial charge in [0, 0.05) is 24.4 Å². The molecule has 4 N–H and O–H groups in total. The number of anilines is 1. The molecule has 190 valence electrons. The average Bonchev–Trinajstić information content (AvgIpc) is 3.33. The van der Waals surface area contributed by atoms with Crippen molar-refractivity contribution < 1.29 is 20.1 Å². The molecule has 2 aliphatic rings. The van der Waals surface area contributed by atoms with Gasteiger partial charge in [0.2, 0.25) is 5.91 Å². The Morgan fingerprint density at radius 3 is 2.69 bits per heavy atom. The van der Waals surface area contributed by atoms with Crippen molar-refractivity contribution in [2.75, 3.05) is 5.32 Å². The van der Waals surface area contributed by atoms with Gasteiger partial charge in [-0.1, -0.05) is 53.9 Å². The van der Waals surface area contributed by atoms with Gasteiger partial charge in [-0.3, -0.25) is 4.79 Å². The van der Waals surface area contributed by atoms with Crippen molar-refractivity contribution in [3.05, 3.63) is 46.0 Å². The molecule has 0 unspecified atom stereocenters. The van der Waals surface area contributed by atoms with Gasteiger partial charge in [0.15, 0.2) is 5.75 Å². The summed E-state index contributed by atoms with van der Waals surface area (Å²) < 4.78 is 0. The first-order valence-electron chi connectivity index (χ1n) is 12.3. The van der Waals surface area contributed by atoms with Crippen LogP contribution in [-0.4, -0.2) is 33.4 Å². The third-order valence-electron chi connectivity index (χ3n) is 7.17. The molecule has 6 atom stereocenters. The minimum Gasteiger partial charge on any atom is -0.505 e. The third kappa shape index (κ3) is 7.51. The lowest BCUT2D eigenvalue weighted by Crippen LogP contribution is -2.19. The lowest BCUT2D eigenvalue weighted by atomic mass is 9.89. The number of aliphatic hydroxyl groups excluding tert-OH is 2. The molecule has 0 bridgehead atoms. The Bertz CT molecular complexity index is 1000. The average molecular weight is 520 g/mol. The SMILES string of the molecule is CC#CC[C@H](C)[C@H](O)/C=C/[C@H]1[C@@H]2C/C(=C\CCCC(=O)Nc3cc(Cl)c(O)c(Cl)c3)C[C@@H]2C[C@H]1O. The summed E-state index contributed by atoms with van der Waals surface area (Å²) >= 11 is 11.8. The van der Waals surface area contributed by atoms with Crippen LogP contribution in [-0.2, 0) is 4.79 Å². The number of hydrogen-bond donors (Lipinski definition) is 4. The highest BCUT2D eigenvalue weighted by molar-refractivity contribution is 6.37. The van der Waals surface area contributed by atoms with Crippen molar-refractivity contribution >= 4 is 34.8 Å². The molecule has 1 aromatic carbocycles. The van der Waals surface area contributed by atoms with Crippen LogP contribution < -0.4 is 5.32 Å². The van der Waals surface area contributed by atoms with Crippen LogP contribution in [0.15, 0.2) is 35.9 Å². The number of nitrogens with one attached hydrogen (secondary N) is 1. The topological polar surface area (TPSA) is 89.8 Å². The number of fused-ring (bicyclic) bond motifs is 1. The number of unbranched alkanes of at least 4 members (excludes halogenated alkanes) is 1. The fraction of sp³-hybridized carbons (Fsp3) is 0.536. The van der Waals surface area contributed by atoms with Crippen LogP contribution in [0, 0.1) is 35.5 Å². The fourth-order valence-corrected chi connectivity index (χ4v) is 5.67. The van der Waals surface area contributed by atoms with Crippen molar-refractivity contribution in [3.63, 3.8) is 0 Å². The van der Waals surface area contributed by atoms with Gasteiger partial charge in [0.05, 0.1) is 22.3 Å². The maximum absolute atomic E-state index is 12.2. The number of rotatable bonds is 9. The van der Waals surface area contributed by atoms with E-state index < -0.39 is 6.10 Å². The molecular formula is C28H35Cl2NO4. The normalized spacial score (nSPS) is 26.4. The first kappa shape index (κ1) is 27.6. The molecule has 0 aliphatic heterocycles. The first-order valence-corrected chi connectivity index (χ1v) is 13.0. The predicted molar refractivity (Wildman–Crippen MR) is 141 cm³/mol. The number of halogens is 2. The number of phenolic OH excluding ortho intramolecular Hbond substituents is 1. The molecule has 3 rings (SSSR count). The summed E-state index contributed by atoms with van der Waals surface area (Å²) in [5.74, 6) is 6.55. The number of amides is 1. The largest absolute Gasteiger partial charge is 0.505 e. The van der Waals surface area contributed by atoms with Crippen molar-refractivity contribution in [1.82, 2.24) is 0 Å². The zero-order valence-corrected chi connectivity index (χ0v) is 21.8. The molecule has 0 saturated heterocycles. The Labute approximate surface area is 218 Å². The maximum atomic E-state index is 12.2. The minimum atomic E-state index is -0.557. The van der Waals surface area contributed by atoms with E-state index in [0.717, 1.165) is 32.1 Å². The van der Waals surface area contributed by atoms with Gasteiger partial charge >= 0.3 is 0 Å². The van der Waals surface area contributed by atoms with E-state index in [9.17, 15) is 20.1 Å². The van der Waals surface area contributed by atoms with Crippen molar-refractivity contribution in [3.8, 4) is 17.6 Å². The summed E-state index contributed by atoms with van der Waals surface area (Å²) in [6, 6.07) is 2.94. The molecular weight excluding hydrogens is 485 g/mol. The number of benzene rings is 1. The van der Waals surface area contributed by atoms with Crippen molar-refractivity contribution in [2.45, 2.75) is 71.0 Å². The van der Waals surface area contributed by atoms with Gasteiger partial charge in [0.1, 0.15) is 0 Å². The number of carbonyl (C=O) groups excluding carboxylic acids is 1. The summed E-state index contributed by atoms with van der Waals surface area (Å²) in [5, 5.41) is 33.5. The Hall–Kier alpha value is -1.97. The van der Waals surface area contributed by atoms with E-state index in [-0.39, 0.29) is 39.6 Å². The number of hydrogen-bond acceptors (Lipinski definition) is 4. The highest BCUT2D eigenvalue weighted by Gasteiger charge is 2.45. The number of carbonyl (C=O) groups is 1. The first-order chi connectivity index (χ1) is 16.7. The van der Waals surface area contributed by atoms with Gasteiger partial charge in [-0.15, -0.1) is 11.8 Å². The number of aromatic hydroxyl groups is 1. The predicted octanol–water partition coefficient (Wildman–Crippen LogP) is 6.11. The van der Waals surface area contributed by atoms with E-state index in [1.165, 1.54) is 17.7 Å². The van der Waals surface area contributed by atoms with Crippen LogP contribution in [0.3, 0.4) is 0 Å². The zero-order valence-electron chi connectivity index (χ0n) is 20.3. The molecule has 35 heavy (non-hydrogen) atoms. The van der Waals surface area contributed by atoms with E-state index in [1.807, 2.05) is 19.1 Å². The third-order valence-corrected chi connectivity index (χ3v) is 7.74. The molecule has 5 nitrogen and oxygen atoms in total. The molecule has 2 fully saturated rings. The summed E-state index contributed by atoms with van der Waals surface area (Å²) in [7, 11) is 0. The summed E-state index contributed by atoms with van der Waals surface area (Å²) in [5.41, 5.74) is 1.86. The van der Waals surface area contributed by atoms with Gasteiger partial charge in [-0.25, -0.2) is 0 Å². The fourth-order valence-electron chi connectivity index (χ4n) is 5.19. The van der Waals surface area contributed by atoms with Crippen molar-refractivity contribution in [1.29, 1.82) is 0 Å². The zero-order chi connectivity index (χ0) is 25.5. The lowest BCUT2D eigenvalue weighted by molar-refractivity contribution is -0.116. The number of aliphatic hydroxyl groups is 2. The van der Waals surface area contributed by atoms with E-state index in [0.29, 0.717) is 30.4 Å². The van der Waals surface area contributed by atoms with Gasteiger partial charge in [-0.2, -0.15) is 0 Å². The molecule has 2 aliphatic carbocycles. The highest BCUT2D eigenvalue weighted by Crippen LogP contribution is 2.50. The summed E-state index contributed by atoms with van der Waals surface area (Å²) in [6.07, 6.45) is 10.5. The van der Waals surface area contributed by atoms with Gasteiger partial charge in [-0.05, 0) is 68.9 Å². The van der Waals surface area contributed by atoms with E-state index in [2.05, 4.69) is 23.2 Å². The van der Waals surface area contributed by atoms with Crippen LogP contribution in [0.5, 0.6) is 5.75 Å². The summed E-state index contributed by atoms with van der Waals surface area (Å²) in [6.45, 7) is 3.79. The molecule has 0 aromatic heterocycles. The van der Waals surface area contributed by atoms with Crippen LogP contribution in [0.1, 0.15) is 58.8 Å². The van der Waals surface area contributed by atoms with Crippen LogP contribution in [0.2, 0.25) is 10.0 Å². The standard InChI is InChI=1S/C28H35Cl2NO4/c1-3-4-7-17(2)25(32)11-10-21-22-13-18(12-19(22)14-26(21)33)8-5-6-9-27(34)31-20-15-23(29)28(35)24(30)16-20/h8,10-11,15-17,19,21-22,25-26,32-33,35H,5-7,9,12-14H2,1-2H3,(H,31,34)/b11-10+,18-8-/t17-,19+,21-,22+,25+,26+/m0/s1. The van der Waals surface area contributed by atoms with Gasteiger partial charge in [0.25, 0.3) is 0 Å². The molecule has 1 aromatic rings. The second-order valence-corrected chi connectivity index (χ2v) is 10.6. The molecule has 0 heterocycles. The highest BCUT2D eigenvalue weighted by atomic mass is 35.5. The minimum absolute atomic E-state index is 0.0623. The molecule has 1 amide bonds. The molecule has 0 radical (unpaired) electrons. The maximum Gasteiger partial charge on any atom is 0.224 e. The van der Waals surface area contributed by atoms with Crippen LogP contribution in [0.25, 0.3) is 0 Å². The van der Waals surface area contributed by atoms with E-state index >= 15 is 0 Å². The Kier molecular flexibility index (Phi) is 10.1. The quantitative estimate of drug-likeness (QED) is 0.137. The number of allylic oxidation sites excluding steroid dienone is 2. The summed E-state index contributed by atoms with van der Waals surface area (Å²) in [4.78, 5) is 12.2. The monoisotopic (exact) mass is 519 g/mol. The second-order valence-electron chi connectivity index (χ2n) is 9.79. The molecule has 0 spiro atoms. The molecule has 7 heteroatoms. The van der Waals surface area contributed by atoms with Crippen molar-refractivity contribution in [2.24, 2.45) is 23.7 Å². The van der Waals surface area contributed by atoms with E-state index in [1.54, 1.807) is 6.92 Å². The van der Waals surface area contributed by atoms with Gasteiger partial charge < -0.3 is 20.6 Å². The Morgan fingerprint density at radius 1 is 1.29 bits per heavy atom. The van der Waals surface area contributed by atoms with E-state index in [4.69, 9.17) is 23.2 Å². The molecule has 2 saturated carbocycles. The van der Waals surface area contributed by atoms with Crippen LogP contribution in [0.4, 0.5) is 5.69 Å². The lowest BCUT2D eigenvalue weighted by Gasteiger charge is -2.19.